The van der Waals surface area contributed by atoms with Crippen LogP contribution in [0.15, 0.2) is 53.4 Å². The number of hydrogen-bond donors (Lipinski definition) is 2. The van der Waals surface area contributed by atoms with Gasteiger partial charge < -0.3 is 10.1 Å². The van der Waals surface area contributed by atoms with Crippen LogP contribution in [-0.4, -0.2) is 52.7 Å². The van der Waals surface area contributed by atoms with E-state index in [9.17, 15) is 22.8 Å². The molecule has 0 spiro atoms. The zero-order valence-electron chi connectivity index (χ0n) is 21.2. The predicted molar refractivity (Wildman–Crippen MR) is 152 cm³/mol. The Morgan fingerprint density at radius 1 is 1.07 bits per heavy atom. The first kappa shape index (κ1) is 29.5. The molecule has 0 aliphatic carbocycles. The maximum Gasteiger partial charge on any atom is 0.401 e. The average molecular weight is 610 g/mol. The quantitative estimate of drug-likeness (QED) is 0.178. The molecular weight excluding hydrogens is 587 g/mol. The van der Waals surface area contributed by atoms with Crippen molar-refractivity contribution in [2.24, 2.45) is 0 Å². The summed E-state index contributed by atoms with van der Waals surface area (Å²) in [5.41, 5.74) is 5.00. The lowest BCUT2D eigenvalue weighted by Crippen LogP contribution is -2.36. The molecule has 0 fully saturated rings. The van der Waals surface area contributed by atoms with Gasteiger partial charge in [0.25, 0.3) is 11.8 Å². The van der Waals surface area contributed by atoms with Crippen molar-refractivity contribution in [2.45, 2.75) is 20.0 Å². The number of benzene rings is 1. The Balaban J connectivity index is 0.00000370. The molecule has 2 amide bonds. The van der Waals surface area contributed by atoms with Crippen molar-refractivity contribution in [1.29, 1.82) is 0 Å². The lowest BCUT2D eigenvalue weighted by atomic mass is 10.1. The molecule has 1 aliphatic rings. The minimum Gasteiger partial charge on any atom is -0.492 e. The zero-order chi connectivity index (χ0) is 27.7. The van der Waals surface area contributed by atoms with Crippen LogP contribution in [0.5, 0.6) is 5.75 Å². The molecule has 14 heteroatoms. The lowest BCUT2D eigenvalue weighted by Gasteiger charge is -2.17. The van der Waals surface area contributed by atoms with E-state index in [1.165, 1.54) is 28.7 Å². The van der Waals surface area contributed by atoms with E-state index in [1.54, 1.807) is 19.1 Å². The van der Waals surface area contributed by atoms with E-state index in [0.29, 0.717) is 33.2 Å². The molecule has 0 saturated heterocycles. The number of imide groups is 1. The lowest BCUT2D eigenvalue weighted by molar-refractivity contribution is -0.135. The van der Waals surface area contributed by atoms with E-state index in [2.05, 4.69) is 15.7 Å². The summed E-state index contributed by atoms with van der Waals surface area (Å²) < 4.78 is 42.3. The number of ether oxygens (including phenoxy) is 1. The number of carbonyl (C=O) groups is 2. The molecular formula is C26H23ClF3N5O3S2. The predicted octanol–water partition coefficient (Wildman–Crippen LogP) is 5.99. The molecule has 4 heterocycles. The van der Waals surface area contributed by atoms with Crippen LogP contribution >= 0.6 is 35.1 Å². The number of rotatable bonds is 9. The van der Waals surface area contributed by atoms with Crippen molar-refractivity contribution in [3.8, 4) is 26.9 Å². The number of nitrogens with one attached hydrogen (secondary N) is 2. The summed E-state index contributed by atoms with van der Waals surface area (Å²) in [7, 11) is 0. The highest BCUT2D eigenvalue weighted by Crippen LogP contribution is 2.42. The van der Waals surface area contributed by atoms with Crippen molar-refractivity contribution in [2.75, 3.05) is 25.1 Å². The van der Waals surface area contributed by atoms with Gasteiger partial charge in [-0.15, -0.1) is 35.1 Å². The van der Waals surface area contributed by atoms with Crippen LogP contribution in [0, 0.1) is 6.92 Å². The minimum absolute atomic E-state index is 0. The van der Waals surface area contributed by atoms with Crippen molar-refractivity contribution >= 4 is 62.9 Å². The third-order valence-electron chi connectivity index (χ3n) is 5.84. The molecule has 0 atom stereocenters. The summed E-state index contributed by atoms with van der Waals surface area (Å²) in [4.78, 5) is 36.8. The molecule has 2 N–H and O–H groups in total. The summed E-state index contributed by atoms with van der Waals surface area (Å²) >= 11 is 2.93. The SMILES string of the molecule is CC1=CC(=O)N(Nc2nc(-c3cccs3)nc3sc(-c4ccc(OCCNCC(F)(F)F)cc4)c(C)c23)C1=O.Cl. The van der Waals surface area contributed by atoms with E-state index in [0.717, 1.165) is 25.9 Å². The fourth-order valence-electron chi connectivity index (χ4n) is 3.98. The number of hydrogen-bond acceptors (Lipinski definition) is 9. The number of aryl methyl sites for hydroxylation is 1. The third-order valence-corrected chi connectivity index (χ3v) is 7.94. The topological polar surface area (TPSA) is 96.5 Å². The van der Waals surface area contributed by atoms with E-state index in [1.807, 2.05) is 36.6 Å². The standard InChI is InChI=1S/C26H22F3N5O3S2.ClH/c1-14-12-19(35)34(25(14)36)33-23-20-15(2)21(39-24(20)32-22(31-23)18-4-3-11-38-18)16-5-7-17(8-6-16)37-10-9-30-13-26(27,28)29;/h3-8,11-12,30H,9-10,13H2,1-2H3,(H,31,32,33);1H. The molecule has 0 radical (unpaired) electrons. The van der Waals surface area contributed by atoms with Crippen molar-refractivity contribution in [1.82, 2.24) is 20.3 Å². The maximum atomic E-state index is 12.5. The second kappa shape index (κ2) is 11.9. The molecule has 3 aromatic heterocycles. The van der Waals surface area contributed by atoms with Gasteiger partial charge in [-0.1, -0.05) is 6.07 Å². The first-order valence-corrected chi connectivity index (χ1v) is 13.5. The van der Waals surface area contributed by atoms with Crippen molar-refractivity contribution < 1.29 is 27.5 Å². The normalized spacial score (nSPS) is 13.5. The number of amides is 2. The van der Waals surface area contributed by atoms with E-state index in [-0.39, 0.29) is 25.6 Å². The zero-order valence-corrected chi connectivity index (χ0v) is 23.6. The van der Waals surface area contributed by atoms with Crippen LogP contribution < -0.4 is 15.5 Å². The summed E-state index contributed by atoms with van der Waals surface area (Å²) in [6.45, 7) is 2.59. The number of carbonyl (C=O) groups excluding carboxylic acids is 2. The highest BCUT2D eigenvalue weighted by molar-refractivity contribution is 7.22. The third kappa shape index (κ3) is 6.28. The number of nitrogens with zero attached hydrogens (tertiary/aromatic N) is 3. The molecule has 210 valence electrons. The van der Waals surface area contributed by atoms with Gasteiger partial charge in [0.1, 0.15) is 17.2 Å². The van der Waals surface area contributed by atoms with Gasteiger partial charge in [-0.2, -0.15) is 18.2 Å². The fourth-order valence-corrected chi connectivity index (χ4v) is 5.83. The summed E-state index contributed by atoms with van der Waals surface area (Å²) in [6.07, 6.45) is -2.99. The van der Waals surface area contributed by atoms with E-state index >= 15 is 0 Å². The van der Waals surface area contributed by atoms with Gasteiger partial charge >= 0.3 is 6.18 Å². The Kier molecular flexibility index (Phi) is 8.78. The maximum absolute atomic E-state index is 12.5. The van der Waals surface area contributed by atoms with Crippen molar-refractivity contribution in [3.63, 3.8) is 0 Å². The number of fused-ring (bicyclic) bond motifs is 1. The fraction of sp³-hybridized carbons (Fsp3) is 0.231. The first-order valence-electron chi connectivity index (χ1n) is 11.8. The van der Waals surface area contributed by atoms with Crippen LogP contribution in [0.4, 0.5) is 19.0 Å². The van der Waals surface area contributed by atoms with E-state index < -0.39 is 24.5 Å². The second-order valence-electron chi connectivity index (χ2n) is 8.69. The van der Waals surface area contributed by atoms with Gasteiger partial charge in [0.15, 0.2) is 11.6 Å². The minimum atomic E-state index is -4.26. The molecule has 1 aliphatic heterocycles. The van der Waals surface area contributed by atoms with Crippen molar-refractivity contribution in [3.05, 3.63) is 59.0 Å². The average Bonchev–Trinajstić information content (AvgIpc) is 3.60. The van der Waals surface area contributed by atoms with Gasteiger partial charge in [0.05, 0.1) is 16.8 Å². The number of halogens is 4. The number of thiophene rings is 2. The molecule has 4 aromatic rings. The Hall–Kier alpha value is -3.52. The first-order chi connectivity index (χ1) is 18.6. The monoisotopic (exact) mass is 609 g/mol. The van der Waals surface area contributed by atoms with E-state index in [4.69, 9.17) is 9.72 Å². The Labute approximate surface area is 241 Å². The summed E-state index contributed by atoms with van der Waals surface area (Å²) in [6, 6.07) is 11.0. The number of hydrazine groups is 1. The molecule has 0 unspecified atom stereocenters. The van der Waals surface area contributed by atoms with Gasteiger partial charge in [-0.3, -0.25) is 15.0 Å². The highest BCUT2D eigenvalue weighted by atomic mass is 35.5. The highest BCUT2D eigenvalue weighted by Gasteiger charge is 2.30. The van der Waals surface area contributed by atoms with Gasteiger partial charge in [-0.05, 0) is 60.7 Å². The second-order valence-corrected chi connectivity index (χ2v) is 10.6. The Bertz CT molecular complexity index is 1570. The molecule has 1 aromatic carbocycles. The Morgan fingerprint density at radius 3 is 2.45 bits per heavy atom. The molecule has 0 bridgehead atoms. The van der Waals surface area contributed by atoms with Gasteiger partial charge in [0, 0.05) is 23.1 Å². The number of alkyl halides is 3. The largest absolute Gasteiger partial charge is 0.492 e. The summed E-state index contributed by atoms with van der Waals surface area (Å²) in [5, 5.41) is 5.85. The van der Waals surface area contributed by atoms with Crippen LogP contribution in [0.3, 0.4) is 0 Å². The number of anilines is 1. The molecule has 40 heavy (non-hydrogen) atoms. The van der Waals surface area contributed by atoms with Crippen LogP contribution in [-0.2, 0) is 9.59 Å². The van der Waals surface area contributed by atoms with Crippen LogP contribution in [0.1, 0.15) is 12.5 Å². The van der Waals surface area contributed by atoms with Crippen LogP contribution in [0.2, 0.25) is 0 Å². The van der Waals surface area contributed by atoms with Gasteiger partial charge in [0.2, 0.25) is 0 Å². The van der Waals surface area contributed by atoms with Gasteiger partial charge in [-0.25, -0.2) is 9.97 Å². The molecule has 5 rings (SSSR count). The number of aromatic nitrogens is 2. The Morgan fingerprint density at radius 2 is 1.82 bits per heavy atom. The summed E-state index contributed by atoms with van der Waals surface area (Å²) in [5.74, 6) is 0.433. The molecule has 8 nitrogen and oxygen atoms in total. The molecule has 0 saturated carbocycles. The smallest absolute Gasteiger partial charge is 0.401 e. The van der Waals surface area contributed by atoms with Crippen LogP contribution in [0.25, 0.3) is 31.4 Å².